The van der Waals surface area contributed by atoms with Gasteiger partial charge in [0, 0.05) is 0 Å². The number of aliphatic carboxylic acids is 4. The summed E-state index contributed by atoms with van der Waals surface area (Å²) < 4.78 is 7.05. The highest BCUT2D eigenvalue weighted by atomic mass is 16.4. The molecule has 2 amide bonds. The molecule has 18 nitrogen and oxygen atoms in total. The summed E-state index contributed by atoms with van der Waals surface area (Å²) in [6, 6.07) is -0.206. The summed E-state index contributed by atoms with van der Waals surface area (Å²) in [4.78, 5) is 74.4. The minimum Gasteiger partial charge on any atom is -0.480 e. The van der Waals surface area contributed by atoms with E-state index in [-0.39, 0.29) is 32.2 Å². The number of hydrogen-bond acceptors (Lipinski definition) is 8. The van der Waals surface area contributed by atoms with Crippen LogP contribution in [0, 0.1) is 0 Å². The predicted molar refractivity (Wildman–Crippen MR) is 145 cm³/mol. The van der Waals surface area contributed by atoms with Crippen molar-refractivity contribution in [3.8, 4) is 0 Å². The number of rotatable bonds is 13. The van der Waals surface area contributed by atoms with Crippen LogP contribution in [0.5, 0.6) is 0 Å². The second kappa shape index (κ2) is 13.6. The van der Waals surface area contributed by atoms with Gasteiger partial charge in [-0.1, -0.05) is 0 Å². The van der Waals surface area contributed by atoms with Gasteiger partial charge in [0.1, 0.15) is 76.6 Å². The maximum Gasteiger partial charge on any atom is 0.323 e. The van der Waals surface area contributed by atoms with Gasteiger partial charge < -0.3 is 36.0 Å². The molecule has 3 rings (SSSR count). The van der Waals surface area contributed by atoms with Crippen LogP contribution in [0.4, 0.5) is 0 Å². The molecule has 0 saturated heterocycles. The Kier molecular flexibility index (Phi) is 10.4. The van der Waals surface area contributed by atoms with Crippen LogP contribution in [0.15, 0.2) is 24.8 Å². The van der Waals surface area contributed by atoms with E-state index in [0.29, 0.717) is 18.2 Å². The highest BCUT2D eigenvalue weighted by Gasteiger charge is 2.37. The molecule has 0 aromatic carbocycles. The fourth-order valence-electron chi connectivity index (χ4n) is 4.97. The number of nitrogens with two attached hydrogens (primary N) is 1. The molecule has 0 aliphatic carbocycles. The third-order valence-electron chi connectivity index (χ3n) is 7.16. The van der Waals surface area contributed by atoms with Crippen LogP contribution in [0.1, 0.15) is 38.5 Å². The summed E-state index contributed by atoms with van der Waals surface area (Å²) in [6.07, 6.45) is 6.82. The molecule has 44 heavy (non-hydrogen) atoms. The smallest absolute Gasteiger partial charge is 0.323 e. The van der Waals surface area contributed by atoms with Crippen molar-refractivity contribution < 1.29 is 58.3 Å². The zero-order chi connectivity index (χ0) is 32.9. The van der Waals surface area contributed by atoms with E-state index < -0.39 is 67.5 Å². The number of carbonyl (C=O) groups is 6. The lowest BCUT2D eigenvalue weighted by molar-refractivity contribution is -0.709. The Balaban J connectivity index is 1.96. The van der Waals surface area contributed by atoms with Crippen LogP contribution in [-0.4, -0.2) is 112 Å². The van der Waals surface area contributed by atoms with Crippen LogP contribution in [0.25, 0.3) is 0 Å². The molecule has 0 radical (unpaired) electrons. The summed E-state index contributed by atoms with van der Waals surface area (Å²) in [7, 11) is 0. The van der Waals surface area contributed by atoms with Crippen LogP contribution in [0.3, 0.4) is 0 Å². The van der Waals surface area contributed by atoms with Gasteiger partial charge in [-0.25, -0.2) is 18.3 Å². The maximum absolute atomic E-state index is 13.0. The monoisotopic (exact) mass is 622 g/mol. The quantitative estimate of drug-likeness (QED) is 0.142. The molecule has 0 fully saturated rings. The largest absolute Gasteiger partial charge is 0.480 e. The lowest BCUT2D eigenvalue weighted by atomic mass is 10.2. The Bertz CT molecular complexity index is 1410. The number of hydrogen-bond donors (Lipinski definition) is 5. The molecule has 1 unspecified atom stereocenters. The lowest BCUT2D eigenvalue weighted by Crippen LogP contribution is -2.55. The van der Waals surface area contributed by atoms with Crippen molar-refractivity contribution in [3.63, 3.8) is 0 Å². The first-order chi connectivity index (χ1) is 20.5. The number of nitrogens with zero attached hydrogens (tertiary/aromatic N) is 7. The Labute approximate surface area is 251 Å². The van der Waals surface area contributed by atoms with E-state index in [1.165, 1.54) is 0 Å². The van der Waals surface area contributed by atoms with Crippen molar-refractivity contribution in [2.45, 2.75) is 65.2 Å². The number of aromatic nitrogens is 4. The first-order valence-corrected chi connectivity index (χ1v) is 13.6. The van der Waals surface area contributed by atoms with Crippen LogP contribution in [0.2, 0.25) is 0 Å². The fraction of sp³-hybridized carbons (Fsp3) is 0.538. The van der Waals surface area contributed by atoms with Crippen molar-refractivity contribution in [1.29, 1.82) is 0 Å². The molecule has 3 heterocycles. The van der Waals surface area contributed by atoms with Gasteiger partial charge in [0.05, 0.1) is 5.66 Å². The average Bonchev–Trinajstić information content (AvgIpc) is 3.45. The van der Waals surface area contributed by atoms with Crippen molar-refractivity contribution >= 4 is 35.7 Å². The van der Waals surface area contributed by atoms with E-state index in [9.17, 15) is 39.0 Å². The van der Waals surface area contributed by atoms with E-state index in [4.69, 9.17) is 15.9 Å². The molecule has 1 aliphatic heterocycles. The average molecular weight is 623 g/mol. The highest BCUT2D eigenvalue weighted by Crippen LogP contribution is 2.20. The van der Waals surface area contributed by atoms with E-state index in [0.717, 1.165) is 9.80 Å². The summed E-state index contributed by atoms with van der Waals surface area (Å²) in [5.74, 6) is -5.51. The first-order valence-electron chi connectivity index (χ1n) is 13.6. The Hall–Kier alpha value is -4.84. The summed E-state index contributed by atoms with van der Waals surface area (Å²) >= 11 is 0. The molecule has 2 aromatic rings. The molecule has 240 valence electrons. The van der Waals surface area contributed by atoms with Gasteiger partial charge in [0.15, 0.2) is 13.1 Å². The van der Waals surface area contributed by atoms with E-state index in [1.54, 1.807) is 47.8 Å². The molecular formula is C26H38N8O10+2. The van der Waals surface area contributed by atoms with Gasteiger partial charge in [-0.15, -0.1) is 0 Å². The molecule has 1 aliphatic rings. The third-order valence-corrected chi connectivity index (χ3v) is 7.16. The van der Waals surface area contributed by atoms with Gasteiger partial charge >= 0.3 is 23.9 Å². The van der Waals surface area contributed by atoms with Gasteiger partial charge in [-0.05, 0) is 20.8 Å². The molecule has 0 saturated carbocycles. The minimum absolute atomic E-state index is 0.190. The van der Waals surface area contributed by atoms with Gasteiger partial charge in [-0.3, -0.25) is 33.7 Å². The standard InChI is InChI=1S/C26H36N8O10/c1-17-8-28-4-5-29(11-20(35)31(13-22(37)38)14-23(39)40)18(28)9-33(26(2,3)27)10-19-30(6-7-34(17)19)12-21(36)32(15-24(41)42)16-25(43)44/h4-7,17H,8-16,27H2,1-3H3,(H2-2,37,38,39,40,41,42,43,44)/p+2. The zero-order valence-electron chi connectivity index (χ0n) is 24.7. The summed E-state index contributed by atoms with van der Waals surface area (Å²) in [6.45, 7) is 2.52. The molecule has 0 spiro atoms. The first kappa shape index (κ1) is 33.7. The zero-order valence-corrected chi connectivity index (χ0v) is 24.7. The Morgan fingerprint density at radius 2 is 1.34 bits per heavy atom. The van der Waals surface area contributed by atoms with Gasteiger partial charge in [0.2, 0.25) is 0 Å². The van der Waals surface area contributed by atoms with Crippen LogP contribution in [-0.2, 0) is 61.5 Å². The molecular weight excluding hydrogens is 584 g/mol. The van der Waals surface area contributed by atoms with E-state index in [2.05, 4.69) is 0 Å². The van der Waals surface area contributed by atoms with Crippen molar-refractivity contribution in [2.24, 2.45) is 5.73 Å². The number of fused-ring (bicyclic) bond motifs is 2. The maximum atomic E-state index is 13.0. The molecule has 6 N–H and O–H groups in total. The Morgan fingerprint density at radius 3 is 1.84 bits per heavy atom. The number of carbonyl (C=O) groups excluding carboxylic acids is 2. The molecule has 2 aromatic heterocycles. The van der Waals surface area contributed by atoms with Crippen molar-refractivity contribution in [2.75, 3.05) is 26.2 Å². The second-order valence-electron chi connectivity index (χ2n) is 11.2. The lowest BCUT2D eigenvalue weighted by Gasteiger charge is -2.33. The second-order valence-corrected chi connectivity index (χ2v) is 11.2. The number of carboxylic acids is 4. The van der Waals surface area contributed by atoms with Gasteiger partial charge in [0.25, 0.3) is 23.5 Å². The number of imidazole rings is 2. The molecule has 0 bridgehead atoms. The SMILES string of the molecule is CC1C[n+]2ccn(CC(=O)N(CC(=O)O)CC(=O)O)c2CN(C(C)(C)N)Cc2n1cc[n+]2CC(=O)N(CC(=O)O)CC(=O)O. The molecule has 18 heteroatoms. The van der Waals surface area contributed by atoms with Crippen LogP contribution < -0.4 is 14.9 Å². The highest BCUT2D eigenvalue weighted by molar-refractivity contribution is 5.85. The summed E-state index contributed by atoms with van der Waals surface area (Å²) in [5, 5.41) is 36.7. The van der Waals surface area contributed by atoms with Gasteiger partial charge in [-0.2, -0.15) is 0 Å². The normalized spacial score (nSPS) is 15.2. The predicted octanol–water partition coefficient (Wildman–Crippen LogP) is -2.87. The van der Waals surface area contributed by atoms with Crippen molar-refractivity contribution in [1.82, 2.24) is 23.8 Å². The van der Waals surface area contributed by atoms with E-state index in [1.807, 2.05) is 21.0 Å². The minimum atomic E-state index is -1.35. The number of amides is 2. The number of carboxylic acid groups (broad SMARTS) is 4. The topological polar surface area (TPSA) is 237 Å². The van der Waals surface area contributed by atoms with E-state index >= 15 is 0 Å². The van der Waals surface area contributed by atoms with Crippen molar-refractivity contribution in [3.05, 3.63) is 36.4 Å². The van der Waals surface area contributed by atoms with Crippen LogP contribution >= 0.6 is 0 Å². The third kappa shape index (κ3) is 8.60. The fourth-order valence-corrected chi connectivity index (χ4v) is 4.97. The molecule has 1 atom stereocenters. The summed E-state index contributed by atoms with van der Waals surface area (Å²) in [5.41, 5.74) is 5.62. The Morgan fingerprint density at radius 1 is 0.841 bits per heavy atom.